The van der Waals surface area contributed by atoms with Gasteiger partial charge in [0.2, 0.25) is 0 Å². The molecule has 0 aliphatic heterocycles. The number of hydrogen-bond acceptors (Lipinski definition) is 3. The molecule has 0 bridgehead atoms. The number of benzene rings is 1. The molecule has 0 radical (unpaired) electrons. The van der Waals surface area contributed by atoms with Crippen molar-refractivity contribution in [2.45, 2.75) is 19.4 Å². The fraction of sp³-hybridized carbons (Fsp3) is 0.500. The molecule has 0 fully saturated rings. The Labute approximate surface area is 108 Å². The highest BCUT2D eigenvalue weighted by Gasteiger charge is 2.19. The molecule has 0 aromatic heterocycles. The number of ether oxygens (including phenoxy) is 1. The first-order valence-corrected chi connectivity index (χ1v) is 6.05. The molecular formula is C14H20FNO2. The van der Waals surface area contributed by atoms with Gasteiger partial charge in [0, 0.05) is 25.8 Å². The highest BCUT2D eigenvalue weighted by Crippen LogP contribution is 2.09. The van der Waals surface area contributed by atoms with Gasteiger partial charge in [-0.3, -0.25) is 9.69 Å². The van der Waals surface area contributed by atoms with Gasteiger partial charge >= 0.3 is 0 Å². The van der Waals surface area contributed by atoms with Crippen LogP contribution in [0.4, 0.5) is 4.39 Å². The van der Waals surface area contributed by atoms with Gasteiger partial charge in [-0.15, -0.1) is 0 Å². The van der Waals surface area contributed by atoms with Crippen LogP contribution in [0.5, 0.6) is 0 Å². The van der Waals surface area contributed by atoms with E-state index in [0.717, 1.165) is 13.0 Å². The minimum atomic E-state index is -0.326. The highest BCUT2D eigenvalue weighted by atomic mass is 19.1. The van der Waals surface area contributed by atoms with Crippen LogP contribution in [0, 0.1) is 5.82 Å². The quantitative estimate of drug-likeness (QED) is 0.552. The second-order valence-corrected chi connectivity index (χ2v) is 4.37. The lowest BCUT2D eigenvalue weighted by Crippen LogP contribution is -2.37. The zero-order valence-corrected chi connectivity index (χ0v) is 11.1. The number of methoxy groups -OCH3 is 1. The Morgan fingerprint density at radius 2 is 2.00 bits per heavy atom. The molecule has 18 heavy (non-hydrogen) atoms. The molecule has 4 heteroatoms. The molecule has 1 aromatic rings. The molecule has 1 unspecified atom stereocenters. The van der Waals surface area contributed by atoms with Crippen molar-refractivity contribution in [3.63, 3.8) is 0 Å². The van der Waals surface area contributed by atoms with E-state index in [4.69, 9.17) is 4.74 Å². The monoisotopic (exact) mass is 253 g/mol. The summed E-state index contributed by atoms with van der Waals surface area (Å²) >= 11 is 0. The average Bonchev–Trinajstić information content (AvgIpc) is 2.38. The summed E-state index contributed by atoms with van der Waals surface area (Å²) in [6.07, 6.45) is 0.883. The van der Waals surface area contributed by atoms with Gasteiger partial charge in [-0.2, -0.15) is 0 Å². The van der Waals surface area contributed by atoms with E-state index in [9.17, 15) is 9.18 Å². The number of likely N-dealkylation sites (N-methyl/N-ethyl adjacent to an activating group) is 1. The van der Waals surface area contributed by atoms with Crippen LogP contribution >= 0.6 is 0 Å². The summed E-state index contributed by atoms with van der Waals surface area (Å²) in [5.41, 5.74) is 0.544. The number of halogens is 1. The van der Waals surface area contributed by atoms with Crippen molar-refractivity contribution in [1.29, 1.82) is 0 Å². The van der Waals surface area contributed by atoms with Gasteiger partial charge in [0.05, 0.1) is 6.04 Å². The number of carbonyl (C=O) groups is 1. The summed E-state index contributed by atoms with van der Waals surface area (Å²) in [6.45, 7) is 3.34. The Balaban J connectivity index is 2.57. The molecule has 0 saturated heterocycles. The van der Waals surface area contributed by atoms with Crippen molar-refractivity contribution in [3.05, 3.63) is 35.6 Å². The first kappa shape index (κ1) is 14.8. The molecule has 0 aliphatic carbocycles. The Morgan fingerprint density at radius 3 is 2.56 bits per heavy atom. The standard InChI is InChI=1S/C14H20FNO2/c1-11(16(2)9-4-10-18-3)14(17)12-5-7-13(15)8-6-12/h5-8,11H,4,9-10H2,1-3H3. The molecule has 0 aliphatic rings. The number of nitrogens with zero attached hydrogens (tertiary/aromatic N) is 1. The van der Waals surface area contributed by atoms with Gasteiger partial charge in [0.25, 0.3) is 0 Å². The van der Waals surface area contributed by atoms with Crippen LogP contribution in [-0.4, -0.2) is 44.0 Å². The van der Waals surface area contributed by atoms with Crippen LogP contribution in [0.3, 0.4) is 0 Å². The third-order valence-electron chi connectivity index (χ3n) is 3.03. The van der Waals surface area contributed by atoms with Crippen LogP contribution in [0.15, 0.2) is 24.3 Å². The minimum Gasteiger partial charge on any atom is -0.385 e. The largest absolute Gasteiger partial charge is 0.385 e. The molecule has 0 N–H and O–H groups in total. The number of Topliss-reactive ketones (excluding diaryl/α,β-unsaturated/α-hetero) is 1. The maximum Gasteiger partial charge on any atom is 0.179 e. The van der Waals surface area contributed by atoms with Crippen LogP contribution in [0.1, 0.15) is 23.7 Å². The molecule has 100 valence electrons. The van der Waals surface area contributed by atoms with Crippen LogP contribution in [0.2, 0.25) is 0 Å². The molecule has 1 rings (SSSR count). The first-order valence-electron chi connectivity index (χ1n) is 6.05. The van der Waals surface area contributed by atoms with Gasteiger partial charge in [-0.1, -0.05) is 0 Å². The zero-order chi connectivity index (χ0) is 13.5. The fourth-order valence-corrected chi connectivity index (χ4v) is 1.71. The molecule has 3 nitrogen and oxygen atoms in total. The van der Waals surface area contributed by atoms with Crippen molar-refractivity contribution in [3.8, 4) is 0 Å². The molecule has 1 atom stereocenters. The summed E-state index contributed by atoms with van der Waals surface area (Å²) in [5.74, 6) is -0.317. The van der Waals surface area contributed by atoms with E-state index in [1.54, 1.807) is 7.11 Å². The van der Waals surface area contributed by atoms with Crippen molar-refractivity contribution in [1.82, 2.24) is 4.90 Å². The SMILES string of the molecule is COCCCN(C)C(C)C(=O)c1ccc(F)cc1. The second kappa shape index (κ2) is 7.24. The summed E-state index contributed by atoms with van der Waals surface area (Å²) in [7, 11) is 3.56. The Hall–Kier alpha value is -1.26. The first-order chi connectivity index (χ1) is 8.56. The summed E-state index contributed by atoms with van der Waals surface area (Å²) < 4.78 is 17.8. The van der Waals surface area contributed by atoms with Gasteiger partial charge in [-0.05, 0) is 44.7 Å². The van der Waals surface area contributed by atoms with E-state index in [2.05, 4.69) is 0 Å². The predicted octanol–water partition coefficient (Wildman–Crippen LogP) is 2.37. The predicted molar refractivity (Wildman–Crippen MR) is 69.3 cm³/mol. The Kier molecular flexibility index (Phi) is 5.95. The Bertz CT molecular complexity index is 378. The molecule has 0 heterocycles. The lowest BCUT2D eigenvalue weighted by molar-refractivity contribution is 0.0855. The molecule has 1 aromatic carbocycles. The second-order valence-electron chi connectivity index (χ2n) is 4.37. The minimum absolute atomic E-state index is 0.00918. The van der Waals surface area contributed by atoms with Gasteiger partial charge in [-0.25, -0.2) is 4.39 Å². The smallest absolute Gasteiger partial charge is 0.179 e. The van der Waals surface area contributed by atoms with Crippen molar-refractivity contribution >= 4 is 5.78 Å². The highest BCUT2D eigenvalue weighted by molar-refractivity contribution is 5.99. The summed E-state index contributed by atoms with van der Waals surface area (Å²) in [6, 6.07) is 5.46. The number of rotatable bonds is 7. The van der Waals surface area contributed by atoms with E-state index in [0.29, 0.717) is 12.2 Å². The maximum atomic E-state index is 12.8. The van der Waals surface area contributed by atoms with E-state index in [-0.39, 0.29) is 17.6 Å². The van der Waals surface area contributed by atoms with Crippen LogP contribution in [-0.2, 0) is 4.74 Å². The topological polar surface area (TPSA) is 29.5 Å². The lowest BCUT2D eigenvalue weighted by atomic mass is 10.0. The average molecular weight is 253 g/mol. The van der Waals surface area contributed by atoms with Gasteiger partial charge < -0.3 is 4.74 Å². The molecular weight excluding hydrogens is 233 g/mol. The summed E-state index contributed by atoms with van der Waals surface area (Å²) in [5, 5.41) is 0. The van der Waals surface area contributed by atoms with E-state index in [1.807, 2.05) is 18.9 Å². The molecule has 0 amide bonds. The van der Waals surface area contributed by atoms with Crippen LogP contribution < -0.4 is 0 Å². The number of carbonyl (C=O) groups excluding carboxylic acids is 1. The zero-order valence-electron chi connectivity index (χ0n) is 11.1. The van der Waals surface area contributed by atoms with Gasteiger partial charge in [0.15, 0.2) is 5.78 Å². The Morgan fingerprint density at radius 1 is 1.39 bits per heavy atom. The molecule has 0 saturated carbocycles. The van der Waals surface area contributed by atoms with E-state index in [1.165, 1.54) is 24.3 Å². The summed E-state index contributed by atoms with van der Waals surface area (Å²) in [4.78, 5) is 14.1. The maximum absolute atomic E-state index is 12.8. The van der Waals surface area contributed by atoms with Gasteiger partial charge in [0.1, 0.15) is 5.82 Å². The third-order valence-corrected chi connectivity index (χ3v) is 3.03. The van der Waals surface area contributed by atoms with Crippen LogP contribution in [0.25, 0.3) is 0 Å². The van der Waals surface area contributed by atoms with E-state index >= 15 is 0 Å². The van der Waals surface area contributed by atoms with Crippen molar-refractivity contribution in [2.24, 2.45) is 0 Å². The van der Waals surface area contributed by atoms with Crippen molar-refractivity contribution in [2.75, 3.05) is 27.3 Å². The number of ketones is 1. The molecule has 0 spiro atoms. The third kappa shape index (κ3) is 4.20. The van der Waals surface area contributed by atoms with E-state index < -0.39 is 0 Å². The lowest BCUT2D eigenvalue weighted by Gasteiger charge is -2.23. The number of hydrogen-bond donors (Lipinski definition) is 0. The van der Waals surface area contributed by atoms with Crippen molar-refractivity contribution < 1.29 is 13.9 Å². The normalized spacial score (nSPS) is 12.7. The fourth-order valence-electron chi connectivity index (χ4n) is 1.71.